The van der Waals surface area contributed by atoms with Crippen LogP contribution >= 0.6 is 0 Å². The van der Waals surface area contributed by atoms with E-state index < -0.39 is 0 Å². The summed E-state index contributed by atoms with van der Waals surface area (Å²) in [4.78, 5) is 28.9. The van der Waals surface area contributed by atoms with E-state index in [1.165, 1.54) is 0 Å². The Morgan fingerprint density at radius 1 is 1.08 bits per heavy atom. The fourth-order valence-electron chi connectivity index (χ4n) is 2.85. The van der Waals surface area contributed by atoms with Gasteiger partial charge >= 0.3 is 0 Å². The van der Waals surface area contributed by atoms with Crippen LogP contribution < -0.4 is 10.9 Å². The highest BCUT2D eigenvalue weighted by Crippen LogP contribution is 2.10. The fourth-order valence-corrected chi connectivity index (χ4v) is 2.85. The molecule has 0 aliphatic carbocycles. The highest BCUT2D eigenvalue weighted by molar-refractivity contribution is 5.77. The Balaban J connectivity index is 1.70. The Morgan fingerprint density at radius 2 is 1.80 bits per heavy atom. The van der Waals surface area contributed by atoms with Crippen LogP contribution in [0.1, 0.15) is 23.2 Å². The van der Waals surface area contributed by atoms with Crippen LogP contribution in [0.25, 0.3) is 11.0 Å². The highest BCUT2D eigenvalue weighted by atomic mass is 16.1. The van der Waals surface area contributed by atoms with Crippen molar-refractivity contribution in [2.75, 3.05) is 0 Å². The van der Waals surface area contributed by atoms with E-state index in [0.717, 1.165) is 22.2 Å². The third-order valence-corrected chi connectivity index (χ3v) is 4.32. The van der Waals surface area contributed by atoms with Gasteiger partial charge in [-0.3, -0.25) is 9.59 Å². The van der Waals surface area contributed by atoms with Crippen LogP contribution in [0.5, 0.6) is 0 Å². The predicted octanol–water partition coefficient (Wildman–Crippen LogP) is 2.72. The van der Waals surface area contributed by atoms with Gasteiger partial charge < -0.3 is 9.88 Å². The largest absolute Gasteiger partial charge is 0.352 e. The molecular formula is C20H21N3O2. The first kappa shape index (κ1) is 16.9. The zero-order valence-electron chi connectivity index (χ0n) is 14.5. The number of amides is 1. The number of aromatic nitrogens is 2. The van der Waals surface area contributed by atoms with Gasteiger partial charge in [-0.25, -0.2) is 4.98 Å². The van der Waals surface area contributed by atoms with Gasteiger partial charge in [-0.05, 0) is 37.1 Å². The molecule has 1 heterocycles. The molecule has 0 radical (unpaired) electrons. The number of carbonyl (C=O) groups is 1. The van der Waals surface area contributed by atoms with E-state index in [9.17, 15) is 9.59 Å². The molecule has 128 valence electrons. The minimum Gasteiger partial charge on any atom is -0.352 e. The second-order valence-corrected chi connectivity index (χ2v) is 6.10. The molecule has 3 aromatic rings. The van der Waals surface area contributed by atoms with E-state index in [0.29, 0.717) is 18.8 Å². The van der Waals surface area contributed by atoms with Gasteiger partial charge in [-0.1, -0.05) is 36.4 Å². The molecule has 1 amide bonds. The summed E-state index contributed by atoms with van der Waals surface area (Å²) in [6.45, 7) is 4.55. The molecule has 0 saturated carbocycles. The van der Waals surface area contributed by atoms with Crippen molar-refractivity contribution >= 4 is 16.9 Å². The molecule has 0 spiro atoms. The molecule has 1 N–H and O–H groups in total. The molecule has 0 fully saturated rings. The van der Waals surface area contributed by atoms with Crippen LogP contribution in [0.15, 0.2) is 53.3 Å². The maximum atomic E-state index is 12.4. The lowest BCUT2D eigenvalue weighted by Gasteiger charge is -2.11. The van der Waals surface area contributed by atoms with E-state index in [2.05, 4.69) is 10.3 Å². The van der Waals surface area contributed by atoms with Gasteiger partial charge in [0.25, 0.3) is 5.56 Å². The first-order valence-electron chi connectivity index (χ1n) is 8.33. The summed E-state index contributed by atoms with van der Waals surface area (Å²) < 4.78 is 1.63. The van der Waals surface area contributed by atoms with E-state index in [-0.39, 0.29) is 17.9 Å². The van der Waals surface area contributed by atoms with Crippen molar-refractivity contribution < 1.29 is 4.79 Å². The Labute approximate surface area is 146 Å². The van der Waals surface area contributed by atoms with Crippen molar-refractivity contribution in [3.8, 4) is 0 Å². The number of carbonyl (C=O) groups excluding carboxylic acids is 1. The topological polar surface area (TPSA) is 64.0 Å². The monoisotopic (exact) mass is 335 g/mol. The highest BCUT2D eigenvalue weighted by Gasteiger charge is 2.10. The van der Waals surface area contributed by atoms with Crippen LogP contribution in [-0.2, 0) is 17.9 Å². The molecule has 0 aliphatic rings. The summed E-state index contributed by atoms with van der Waals surface area (Å²) >= 11 is 0. The molecule has 2 aromatic carbocycles. The summed E-state index contributed by atoms with van der Waals surface area (Å²) in [5.41, 5.74) is 4.06. The Hall–Kier alpha value is -2.95. The number of benzene rings is 2. The normalized spacial score (nSPS) is 10.8. The van der Waals surface area contributed by atoms with Crippen LogP contribution in [0.3, 0.4) is 0 Å². The molecule has 25 heavy (non-hydrogen) atoms. The van der Waals surface area contributed by atoms with Crippen LogP contribution in [0.4, 0.5) is 0 Å². The number of fused-ring (bicyclic) bond motifs is 1. The molecule has 1 aromatic heterocycles. The molecule has 3 rings (SSSR count). The van der Waals surface area contributed by atoms with Gasteiger partial charge in [0.15, 0.2) is 0 Å². The minimum absolute atomic E-state index is 0.0753. The number of rotatable bonds is 5. The predicted molar refractivity (Wildman–Crippen MR) is 98.4 cm³/mol. The number of hydrogen-bond acceptors (Lipinski definition) is 3. The summed E-state index contributed by atoms with van der Waals surface area (Å²) in [7, 11) is 0. The second kappa shape index (κ2) is 7.30. The average Bonchev–Trinajstić information content (AvgIpc) is 2.61. The summed E-state index contributed by atoms with van der Waals surface area (Å²) in [5.74, 6) is -0.0753. The summed E-state index contributed by atoms with van der Waals surface area (Å²) in [6, 6.07) is 15.4. The van der Waals surface area contributed by atoms with Gasteiger partial charge in [0, 0.05) is 19.5 Å². The molecule has 5 heteroatoms. The first-order valence-corrected chi connectivity index (χ1v) is 8.33. The Kier molecular flexibility index (Phi) is 4.93. The maximum Gasteiger partial charge on any atom is 0.272 e. The number of nitrogens with zero attached hydrogens (tertiary/aromatic N) is 2. The van der Waals surface area contributed by atoms with Crippen LogP contribution in [0, 0.1) is 13.8 Å². The molecular weight excluding hydrogens is 314 g/mol. The van der Waals surface area contributed by atoms with E-state index >= 15 is 0 Å². The summed E-state index contributed by atoms with van der Waals surface area (Å²) in [5, 5.41) is 2.92. The third kappa shape index (κ3) is 3.76. The first-order chi connectivity index (χ1) is 12.1. The lowest BCUT2D eigenvalue weighted by molar-refractivity contribution is -0.121. The number of hydrogen-bond donors (Lipinski definition) is 1. The lowest BCUT2D eigenvalue weighted by Crippen LogP contribution is -2.29. The Bertz CT molecular complexity index is 976. The van der Waals surface area contributed by atoms with Crippen molar-refractivity contribution in [2.24, 2.45) is 0 Å². The molecule has 0 bridgehead atoms. The van der Waals surface area contributed by atoms with Crippen molar-refractivity contribution in [2.45, 2.75) is 33.4 Å². The fraction of sp³-hybridized carbons (Fsp3) is 0.250. The zero-order valence-corrected chi connectivity index (χ0v) is 14.5. The number of para-hydroxylation sites is 2. The minimum atomic E-state index is -0.148. The van der Waals surface area contributed by atoms with Crippen molar-refractivity contribution in [3.63, 3.8) is 0 Å². The van der Waals surface area contributed by atoms with E-state index in [1.54, 1.807) is 11.5 Å². The lowest BCUT2D eigenvalue weighted by atomic mass is 10.1. The zero-order chi connectivity index (χ0) is 17.8. The average molecular weight is 335 g/mol. The quantitative estimate of drug-likeness (QED) is 0.780. The van der Waals surface area contributed by atoms with Crippen molar-refractivity contribution in [1.82, 2.24) is 14.9 Å². The SMILES string of the molecule is Cc1ccccc1CNC(=O)CCn1c(=O)c(C)nc2ccccc21. The molecule has 0 atom stereocenters. The molecule has 5 nitrogen and oxygen atoms in total. The molecule has 0 saturated heterocycles. The third-order valence-electron chi connectivity index (χ3n) is 4.32. The molecule has 0 aliphatic heterocycles. The van der Waals surface area contributed by atoms with Gasteiger partial charge in [-0.2, -0.15) is 0 Å². The van der Waals surface area contributed by atoms with Crippen LogP contribution in [-0.4, -0.2) is 15.5 Å². The van der Waals surface area contributed by atoms with E-state index in [4.69, 9.17) is 0 Å². The van der Waals surface area contributed by atoms with Gasteiger partial charge in [0.1, 0.15) is 5.69 Å². The molecule has 0 unspecified atom stereocenters. The van der Waals surface area contributed by atoms with Crippen molar-refractivity contribution in [1.29, 1.82) is 0 Å². The number of nitrogens with one attached hydrogen (secondary N) is 1. The van der Waals surface area contributed by atoms with Gasteiger partial charge in [-0.15, -0.1) is 0 Å². The summed E-state index contributed by atoms with van der Waals surface area (Å²) in [6.07, 6.45) is 0.249. The number of aryl methyl sites for hydroxylation is 3. The van der Waals surface area contributed by atoms with Gasteiger partial charge in [0.2, 0.25) is 5.91 Å². The second-order valence-electron chi connectivity index (χ2n) is 6.10. The Morgan fingerprint density at radius 3 is 2.60 bits per heavy atom. The van der Waals surface area contributed by atoms with Crippen molar-refractivity contribution in [3.05, 3.63) is 75.7 Å². The van der Waals surface area contributed by atoms with E-state index in [1.807, 2.05) is 55.5 Å². The van der Waals surface area contributed by atoms with Crippen LogP contribution in [0.2, 0.25) is 0 Å². The van der Waals surface area contributed by atoms with Gasteiger partial charge in [0.05, 0.1) is 11.0 Å². The standard InChI is InChI=1S/C20H21N3O2/c1-14-7-3-4-8-16(14)13-21-19(24)11-12-23-18-10-6-5-9-17(18)22-15(2)20(23)25/h3-10H,11-13H2,1-2H3,(H,21,24). The maximum absolute atomic E-state index is 12.4. The smallest absolute Gasteiger partial charge is 0.272 e.